The minimum absolute atomic E-state index is 0.0533. The fraction of sp³-hybridized carbons (Fsp3) is 0.348. The Hall–Kier alpha value is -3.06. The minimum atomic E-state index is -0.460. The Kier molecular flexibility index (Phi) is 6.13. The second kappa shape index (κ2) is 8.98. The van der Waals surface area contributed by atoms with Gasteiger partial charge in [-0.1, -0.05) is 11.6 Å². The number of rotatable bonds is 6. The Labute approximate surface area is 185 Å². The van der Waals surface area contributed by atoms with Crippen molar-refractivity contribution in [2.24, 2.45) is 5.92 Å². The van der Waals surface area contributed by atoms with E-state index < -0.39 is 5.92 Å². The molecule has 0 aromatic heterocycles. The van der Waals surface area contributed by atoms with Crippen molar-refractivity contribution in [1.29, 1.82) is 0 Å². The zero-order chi connectivity index (χ0) is 22.0. The predicted molar refractivity (Wildman–Crippen MR) is 120 cm³/mol. The van der Waals surface area contributed by atoms with E-state index in [0.717, 1.165) is 17.9 Å². The third-order valence-electron chi connectivity index (χ3n) is 5.53. The zero-order valence-corrected chi connectivity index (χ0v) is 18.0. The predicted octanol–water partition coefficient (Wildman–Crippen LogP) is 3.86. The molecule has 0 saturated carbocycles. The van der Waals surface area contributed by atoms with Gasteiger partial charge in [-0.25, -0.2) is 0 Å². The molecule has 31 heavy (non-hydrogen) atoms. The molecule has 0 bridgehead atoms. The van der Waals surface area contributed by atoms with Crippen molar-refractivity contribution >= 4 is 46.4 Å². The van der Waals surface area contributed by atoms with Gasteiger partial charge in [-0.3, -0.25) is 14.4 Å². The van der Waals surface area contributed by atoms with Gasteiger partial charge in [-0.05, 0) is 55.8 Å². The molecule has 2 fully saturated rings. The van der Waals surface area contributed by atoms with E-state index in [1.165, 1.54) is 0 Å². The highest BCUT2D eigenvalue weighted by molar-refractivity contribution is 6.34. The number of ether oxygens (including phenoxy) is 1. The van der Waals surface area contributed by atoms with Gasteiger partial charge in [0.15, 0.2) is 0 Å². The van der Waals surface area contributed by atoms with Crippen molar-refractivity contribution in [2.75, 3.05) is 34.8 Å². The number of benzene rings is 2. The Bertz CT molecular complexity index is 1010. The highest BCUT2D eigenvalue weighted by Crippen LogP contribution is 2.32. The topological polar surface area (TPSA) is 79.0 Å². The van der Waals surface area contributed by atoms with Crippen molar-refractivity contribution in [1.82, 2.24) is 0 Å². The summed E-state index contributed by atoms with van der Waals surface area (Å²) in [5.41, 5.74) is 1.93. The van der Waals surface area contributed by atoms with Crippen LogP contribution in [-0.2, 0) is 14.4 Å². The minimum Gasteiger partial charge on any atom is -0.494 e. The maximum absolute atomic E-state index is 12.8. The lowest BCUT2D eigenvalue weighted by Crippen LogP contribution is -2.28. The molecule has 2 aromatic carbocycles. The van der Waals surface area contributed by atoms with Gasteiger partial charge in [0.2, 0.25) is 17.7 Å². The molecule has 162 valence electrons. The van der Waals surface area contributed by atoms with Gasteiger partial charge >= 0.3 is 0 Å². The van der Waals surface area contributed by atoms with Gasteiger partial charge in [0.1, 0.15) is 5.75 Å². The summed E-state index contributed by atoms with van der Waals surface area (Å²) in [6.45, 7) is 3.44. The Morgan fingerprint density at radius 1 is 1.13 bits per heavy atom. The number of carbonyl (C=O) groups is 3. The van der Waals surface area contributed by atoms with E-state index in [-0.39, 0.29) is 24.1 Å². The lowest BCUT2D eigenvalue weighted by Gasteiger charge is -2.19. The molecule has 4 rings (SSSR count). The summed E-state index contributed by atoms with van der Waals surface area (Å²) in [5.74, 6) is 0.00597. The molecule has 2 heterocycles. The van der Waals surface area contributed by atoms with E-state index >= 15 is 0 Å². The van der Waals surface area contributed by atoms with Crippen LogP contribution in [0.3, 0.4) is 0 Å². The summed E-state index contributed by atoms with van der Waals surface area (Å²) in [6.07, 6.45) is 1.48. The SMILES string of the molecule is CCOc1ccc(N2C[C@@H](C(=O)Nc3ccc(N4CCCC4=O)c(Cl)c3)CC2=O)cc1. The molecule has 2 aliphatic heterocycles. The molecule has 8 heteroatoms. The normalized spacial score (nSPS) is 18.6. The zero-order valence-electron chi connectivity index (χ0n) is 17.3. The first-order valence-corrected chi connectivity index (χ1v) is 10.8. The summed E-state index contributed by atoms with van der Waals surface area (Å²) in [4.78, 5) is 40.5. The van der Waals surface area contributed by atoms with Crippen molar-refractivity contribution in [3.05, 3.63) is 47.5 Å². The van der Waals surface area contributed by atoms with Crippen molar-refractivity contribution in [3.63, 3.8) is 0 Å². The van der Waals surface area contributed by atoms with Crippen LogP contribution in [0.25, 0.3) is 0 Å². The number of hydrogen-bond acceptors (Lipinski definition) is 4. The molecule has 0 spiro atoms. The van der Waals surface area contributed by atoms with E-state index in [2.05, 4.69) is 5.32 Å². The lowest BCUT2D eigenvalue weighted by atomic mass is 10.1. The number of nitrogens with one attached hydrogen (secondary N) is 1. The first-order chi connectivity index (χ1) is 15.0. The molecular weight excluding hydrogens is 418 g/mol. The number of anilines is 3. The van der Waals surface area contributed by atoms with Gasteiger partial charge in [0.25, 0.3) is 0 Å². The van der Waals surface area contributed by atoms with E-state index in [0.29, 0.717) is 42.5 Å². The number of hydrogen-bond donors (Lipinski definition) is 1. The van der Waals surface area contributed by atoms with Gasteiger partial charge in [0, 0.05) is 37.3 Å². The molecular formula is C23H24ClN3O4. The van der Waals surface area contributed by atoms with Crippen molar-refractivity contribution in [2.45, 2.75) is 26.2 Å². The molecule has 3 amide bonds. The summed E-state index contributed by atoms with van der Waals surface area (Å²) in [6, 6.07) is 12.4. The van der Waals surface area contributed by atoms with Crippen LogP contribution in [0.4, 0.5) is 17.1 Å². The number of carbonyl (C=O) groups excluding carboxylic acids is 3. The number of halogens is 1. The first-order valence-electron chi connectivity index (χ1n) is 10.4. The van der Waals surface area contributed by atoms with Crippen LogP contribution in [0, 0.1) is 5.92 Å². The Balaban J connectivity index is 1.40. The van der Waals surface area contributed by atoms with E-state index in [9.17, 15) is 14.4 Å². The third-order valence-corrected chi connectivity index (χ3v) is 5.84. The smallest absolute Gasteiger partial charge is 0.229 e. The number of nitrogens with zero attached hydrogens (tertiary/aromatic N) is 2. The maximum Gasteiger partial charge on any atom is 0.229 e. The van der Waals surface area contributed by atoms with Crippen LogP contribution in [0.15, 0.2) is 42.5 Å². The fourth-order valence-corrected chi connectivity index (χ4v) is 4.26. The summed E-state index contributed by atoms with van der Waals surface area (Å²) in [5, 5.41) is 3.26. The summed E-state index contributed by atoms with van der Waals surface area (Å²) in [7, 11) is 0. The van der Waals surface area contributed by atoms with Crippen LogP contribution in [0.1, 0.15) is 26.2 Å². The van der Waals surface area contributed by atoms with Crippen LogP contribution < -0.4 is 19.9 Å². The third kappa shape index (κ3) is 4.51. The summed E-state index contributed by atoms with van der Waals surface area (Å²) < 4.78 is 5.43. The van der Waals surface area contributed by atoms with Crippen LogP contribution in [0.2, 0.25) is 5.02 Å². The van der Waals surface area contributed by atoms with Gasteiger partial charge in [-0.2, -0.15) is 0 Å². The van der Waals surface area contributed by atoms with E-state index in [1.54, 1.807) is 28.0 Å². The second-order valence-corrected chi connectivity index (χ2v) is 8.04. The van der Waals surface area contributed by atoms with E-state index in [4.69, 9.17) is 16.3 Å². The second-order valence-electron chi connectivity index (χ2n) is 7.64. The lowest BCUT2D eigenvalue weighted by molar-refractivity contribution is -0.122. The number of amides is 3. The standard InChI is InChI=1S/C23H24ClN3O4/c1-2-31-18-8-6-17(7-9-18)27-14-15(12-22(27)29)23(30)25-16-5-10-20(19(24)13-16)26-11-3-4-21(26)28/h5-10,13,15H,2-4,11-12,14H2,1H3,(H,25,30)/t15-/m0/s1. The van der Waals surface area contributed by atoms with Crippen molar-refractivity contribution in [3.8, 4) is 5.75 Å². The average molecular weight is 442 g/mol. The molecule has 2 aromatic rings. The molecule has 0 unspecified atom stereocenters. The highest BCUT2D eigenvalue weighted by Gasteiger charge is 2.35. The molecule has 2 aliphatic rings. The molecule has 1 atom stereocenters. The monoisotopic (exact) mass is 441 g/mol. The molecule has 0 aliphatic carbocycles. The fourth-order valence-electron chi connectivity index (χ4n) is 3.97. The molecule has 1 N–H and O–H groups in total. The average Bonchev–Trinajstić information content (AvgIpc) is 3.35. The van der Waals surface area contributed by atoms with Crippen LogP contribution in [0.5, 0.6) is 5.75 Å². The van der Waals surface area contributed by atoms with E-state index in [1.807, 2.05) is 31.2 Å². The van der Waals surface area contributed by atoms with Crippen LogP contribution in [-0.4, -0.2) is 37.4 Å². The van der Waals surface area contributed by atoms with Gasteiger partial charge in [-0.15, -0.1) is 0 Å². The molecule has 7 nitrogen and oxygen atoms in total. The van der Waals surface area contributed by atoms with Gasteiger partial charge < -0.3 is 19.9 Å². The molecule has 0 radical (unpaired) electrons. The van der Waals surface area contributed by atoms with Gasteiger partial charge in [0.05, 0.1) is 23.2 Å². The largest absolute Gasteiger partial charge is 0.494 e. The first kappa shape index (κ1) is 21.2. The van der Waals surface area contributed by atoms with Crippen LogP contribution >= 0.6 is 11.6 Å². The molecule has 2 saturated heterocycles. The Morgan fingerprint density at radius 3 is 2.55 bits per heavy atom. The quantitative estimate of drug-likeness (QED) is 0.738. The highest BCUT2D eigenvalue weighted by atomic mass is 35.5. The van der Waals surface area contributed by atoms with Crippen molar-refractivity contribution < 1.29 is 19.1 Å². The summed E-state index contributed by atoms with van der Waals surface area (Å²) >= 11 is 6.36. The Morgan fingerprint density at radius 2 is 1.90 bits per heavy atom. The maximum atomic E-state index is 12.8.